The van der Waals surface area contributed by atoms with Crippen molar-refractivity contribution in [2.45, 2.75) is 31.9 Å². The molecule has 2 rings (SSSR count). The molecule has 1 aliphatic heterocycles. The SMILES string of the molecule is CN=C(NCC1CCOC1c1ccccc1)NC(C)CCS(C)(=O)=O. The summed E-state index contributed by atoms with van der Waals surface area (Å²) in [6.45, 7) is 3.49. The minimum absolute atomic E-state index is 0.0330. The van der Waals surface area contributed by atoms with Crippen LogP contribution in [0.1, 0.15) is 31.4 Å². The summed E-state index contributed by atoms with van der Waals surface area (Å²) in [7, 11) is -1.22. The molecule has 1 aromatic carbocycles. The summed E-state index contributed by atoms with van der Waals surface area (Å²) in [5.41, 5.74) is 1.20. The molecule has 6 nitrogen and oxygen atoms in total. The maximum absolute atomic E-state index is 11.3. The number of hydrogen-bond acceptors (Lipinski definition) is 4. The average Bonchev–Trinajstić information content (AvgIpc) is 3.05. The van der Waals surface area contributed by atoms with Crippen molar-refractivity contribution >= 4 is 15.8 Å². The molecule has 0 aromatic heterocycles. The third-order valence-electron chi connectivity index (χ3n) is 4.40. The number of nitrogens with one attached hydrogen (secondary N) is 2. The van der Waals surface area contributed by atoms with Crippen LogP contribution in [0.4, 0.5) is 0 Å². The summed E-state index contributed by atoms with van der Waals surface area (Å²) in [5.74, 6) is 1.25. The zero-order chi connectivity index (χ0) is 18.3. The zero-order valence-electron chi connectivity index (χ0n) is 15.2. The van der Waals surface area contributed by atoms with Crippen molar-refractivity contribution < 1.29 is 13.2 Å². The third kappa shape index (κ3) is 6.66. The van der Waals surface area contributed by atoms with E-state index in [4.69, 9.17) is 4.74 Å². The van der Waals surface area contributed by atoms with Crippen molar-refractivity contribution in [1.82, 2.24) is 10.6 Å². The minimum atomic E-state index is -2.94. The van der Waals surface area contributed by atoms with Crippen LogP contribution >= 0.6 is 0 Å². The molecule has 1 saturated heterocycles. The van der Waals surface area contributed by atoms with Gasteiger partial charge in [0, 0.05) is 38.4 Å². The molecule has 140 valence electrons. The molecule has 3 atom stereocenters. The van der Waals surface area contributed by atoms with Crippen molar-refractivity contribution in [2.24, 2.45) is 10.9 Å². The van der Waals surface area contributed by atoms with E-state index in [1.807, 2.05) is 25.1 Å². The largest absolute Gasteiger partial charge is 0.373 e. The molecular formula is C18H29N3O3S. The van der Waals surface area contributed by atoms with E-state index < -0.39 is 9.84 Å². The van der Waals surface area contributed by atoms with Gasteiger partial charge in [-0.15, -0.1) is 0 Å². The predicted octanol–water partition coefficient (Wildman–Crippen LogP) is 1.75. The minimum Gasteiger partial charge on any atom is -0.373 e. The smallest absolute Gasteiger partial charge is 0.191 e. The second kappa shape index (κ2) is 9.20. The van der Waals surface area contributed by atoms with Gasteiger partial charge in [-0.05, 0) is 25.3 Å². The zero-order valence-corrected chi connectivity index (χ0v) is 16.1. The Morgan fingerprint density at radius 1 is 1.36 bits per heavy atom. The summed E-state index contributed by atoms with van der Waals surface area (Å²) < 4.78 is 28.5. The van der Waals surface area contributed by atoms with Crippen LogP contribution in [0.2, 0.25) is 0 Å². The number of sulfone groups is 1. The lowest BCUT2D eigenvalue weighted by Gasteiger charge is -2.22. The van der Waals surface area contributed by atoms with E-state index in [2.05, 4.69) is 27.8 Å². The molecule has 1 heterocycles. The Labute approximate surface area is 151 Å². The first-order valence-corrected chi connectivity index (χ1v) is 10.8. The standard InChI is InChI=1S/C18H29N3O3S/c1-14(10-12-25(3,22)23)21-18(19-2)20-13-16-9-11-24-17(16)15-7-5-4-6-8-15/h4-8,14,16-17H,9-13H2,1-3H3,(H2,19,20,21). The van der Waals surface area contributed by atoms with E-state index in [9.17, 15) is 8.42 Å². The number of rotatable bonds is 7. The van der Waals surface area contributed by atoms with Crippen molar-refractivity contribution in [3.63, 3.8) is 0 Å². The fourth-order valence-corrected chi connectivity index (χ4v) is 3.75. The van der Waals surface area contributed by atoms with E-state index in [0.717, 1.165) is 19.6 Å². The summed E-state index contributed by atoms with van der Waals surface area (Å²) >= 11 is 0. The highest BCUT2D eigenvalue weighted by Gasteiger charge is 2.29. The van der Waals surface area contributed by atoms with E-state index >= 15 is 0 Å². The van der Waals surface area contributed by atoms with Gasteiger partial charge in [0.1, 0.15) is 9.84 Å². The van der Waals surface area contributed by atoms with Crippen molar-refractivity contribution in [3.05, 3.63) is 35.9 Å². The first-order valence-electron chi connectivity index (χ1n) is 8.70. The van der Waals surface area contributed by atoms with Crippen molar-refractivity contribution in [3.8, 4) is 0 Å². The fraction of sp³-hybridized carbons (Fsp3) is 0.611. The second-order valence-corrected chi connectivity index (χ2v) is 8.93. The molecule has 3 unspecified atom stereocenters. The molecular weight excluding hydrogens is 338 g/mol. The van der Waals surface area contributed by atoms with Gasteiger partial charge in [0.05, 0.1) is 11.9 Å². The number of hydrogen-bond donors (Lipinski definition) is 2. The molecule has 0 saturated carbocycles. The molecule has 25 heavy (non-hydrogen) atoms. The molecule has 1 aromatic rings. The average molecular weight is 368 g/mol. The van der Waals surface area contributed by atoms with Crippen LogP contribution in [0.15, 0.2) is 35.3 Å². The van der Waals surface area contributed by atoms with Crippen LogP contribution in [-0.4, -0.2) is 52.6 Å². The summed E-state index contributed by atoms with van der Waals surface area (Å²) in [6, 6.07) is 10.3. The van der Waals surface area contributed by atoms with Gasteiger partial charge in [0.25, 0.3) is 0 Å². The van der Waals surface area contributed by atoms with Crippen LogP contribution in [0, 0.1) is 5.92 Å². The molecule has 1 aliphatic rings. The highest BCUT2D eigenvalue weighted by molar-refractivity contribution is 7.90. The quantitative estimate of drug-likeness (QED) is 0.567. The van der Waals surface area contributed by atoms with Gasteiger partial charge in [-0.1, -0.05) is 30.3 Å². The Bertz CT molecular complexity index is 661. The normalized spacial score (nSPS) is 22.6. The van der Waals surface area contributed by atoms with Gasteiger partial charge < -0.3 is 15.4 Å². The fourth-order valence-electron chi connectivity index (χ4n) is 2.97. The van der Waals surface area contributed by atoms with E-state index in [1.165, 1.54) is 11.8 Å². The highest BCUT2D eigenvalue weighted by atomic mass is 32.2. The number of guanidine groups is 1. The van der Waals surface area contributed by atoms with Gasteiger partial charge in [0.15, 0.2) is 5.96 Å². The maximum Gasteiger partial charge on any atom is 0.191 e. The number of benzene rings is 1. The Balaban J connectivity index is 1.84. The van der Waals surface area contributed by atoms with Crippen LogP contribution < -0.4 is 10.6 Å². The molecule has 0 aliphatic carbocycles. The van der Waals surface area contributed by atoms with Crippen LogP contribution in [0.25, 0.3) is 0 Å². The Kier molecular flexibility index (Phi) is 7.25. The van der Waals surface area contributed by atoms with Gasteiger partial charge in [0.2, 0.25) is 0 Å². The molecule has 0 bridgehead atoms. The Hall–Kier alpha value is -1.60. The lowest BCUT2D eigenvalue weighted by Crippen LogP contribution is -2.44. The van der Waals surface area contributed by atoms with Gasteiger partial charge in [-0.25, -0.2) is 8.42 Å². The maximum atomic E-state index is 11.3. The Morgan fingerprint density at radius 2 is 2.08 bits per heavy atom. The van der Waals surface area contributed by atoms with Crippen LogP contribution in [0.5, 0.6) is 0 Å². The predicted molar refractivity (Wildman–Crippen MR) is 102 cm³/mol. The third-order valence-corrected chi connectivity index (χ3v) is 5.38. The van der Waals surface area contributed by atoms with Gasteiger partial charge >= 0.3 is 0 Å². The lowest BCUT2D eigenvalue weighted by atomic mass is 9.95. The molecule has 7 heteroatoms. The summed E-state index contributed by atoms with van der Waals surface area (Å²) in [4.78, 5) is 4.24. The number of aliphatic imine (C=N–C) groups is 1. The molecule has 0 amide bonds. The Morgan fingerprint density at radius 3 is 2.72 bits per heavy atom. The number of nitrogens with zero attached hydrogens (tertiary/aromatic N) is 1. The topological polar surface area (TPSA) is 79.8 Å². The molecule has 1 fully saturated rings. The number of ether oxygens (including phenoxy) is 1. The first-order chi connectivity index (χ1) is 11.9. The van der Waals surface area contributed by atoms with Crippen LogP contribution in [0.3, 0.4) is 0 Å². The van der Waals surface area contributed by atoms with Gasteiger partial charge in [-0.2, -0.15) is 0 Å². The lowest BCUT2D eigenvalue weighted by molar-refractivity contribution is 0.0915. The molecule has 0 spiro atoms. The van der Waals surface area contributed by atoms with E-state index in [1.54, 1.807) is 7.05 Å². The first kappa shape index (κ1) is 19.7. The van der Waals surface area contributed by atoms with Crippen molar-refractivity contribution in [1.29, 1.82) is 0 Å². The van der Waals surface area contributed by atoms with E-state index in [-0.39, 0.29) is 17.9 Å². The molecule has 0 radical (unpaired) electrons. The second-order valence-electron chi connectivity index (χ2n) is 6.67. The van der Waals surface area contributed by atoms with Crippen LogP contribution in [-0.2, 0) is 14.6 Å². The van der Waals surface area contributed by atoms with Crippen molar-refractivity contribution in [2.75, 3.05) is 32.2 Å². The summed E-state index contributed by atoms with van der Waals surface area (Å²) in [5, 5.41) is 6.60. The molecule has 2 N–H and O–H groups in total. The monoisotopic (exact) mass is 367 g/mol. The highest BCUT2D eigenvalue weighted by Crippen LogP contribution is 2.33. The summed E-state index contributed by atoms with van der Waals surface area (Å²) in [6.07, 6.45) is 2.93. The van der Waals surface area contributed by atoms with E-state index in [0.29, 0.717) is 18.3 Å². The van der Waals surface area contributed by atoms with Gasteiger partial charge in [-0.3, -0.25) is 4.99 Å².